The number of benzene rings is 2. The molecular weight excluding hydrogens is 445 g/mol. The maximum absolute atomic E-state index is 6.50. The van der Waals surface area contributed by atoms with Gasteiger partial charge in [-0.15, -0.1) is 0 Å². The molecule has 2 heterocycles. The molecule has 2 aromatic heterocycles. The van der Waals surface area contributed by atoms with Crippen LogP contribution in [0.1, 0.15) is 0 Å². The number of methoxy groups -OCH3 is 1. The van der Waals surface area contributed by atoms with Crippen molar-refractivity contribution in [3.8, 4) is 40.0 Å². The summed E-state index contributed by atoms with van der Waals surface area (Å²) in [5.41, 5.74) is 2.65. The zero-order chi connectivity index (χ0) is 21.1. The number of rotatable bonds is 5. The number of aromatic nitrogens is 3. The van der Waals surface area contributed by atoms with E-state index in [1.54, 1.807) is 54.9 Å². The summed E-state index contributed by atoms with van der Waals surface area (Å²) in [7, 11) is 1.53. The molecule has 4 aromatic rings. The maximum Gasteiger partial charge on any atom is 0.325 e. The highest BCUT2D eigenvalue weighted by Gasteiger charge is 2.21. The molecule has 30 heavy (non-hydrogen) atoms. The fourth-order valence-electron chi connectivity index (χ4n) is 2.88. The van der Waals surface area contributed by atoms with E-state index in [2.05, 4.69) is 15.0 Å². The van der Waals surface area contributed by atoms with Crippen molar-refractivity contribution in [1.82, 2.24) is 15.0 Å². The summed E-state index contributed by atoms with van der Waals surface area (Å²) in [5.74, 6) is 0.819. The number of pyridine rings is 1. The Kier molecular flexibility index (Phi) is 6.04. The summed E-state index contributed by atoms with van der Waals surface area (Å²) in [6, 6.07) is 16.1. The number of halogens is 3. The standard InChI is InChI=1S/C22H14Cl3N3O2/c1-29-21-19(13-4-6-14(23)7-5-13)20(17-9-8-15(24)11-18(17)25)27-22(28-21)30-16-3-2-10-26-12-16/h2-12H,1H3. The van der Waals surface area contributed by atoms with Crippen molar-refractivity contribution < 1.29 is 9.47 Å². The number of ether oxygens (including phenoxy) is 2. The van der Waals surface area contributed by atoms with E-state index in [1.807, 2.05) is 12.1 Å². The van der Waals surface area contributed by atoms with Crippen LogP contribution >= 0.6 is 34.8 Å². The van der Waals surface area contributed by atoms with Gasteiger partial charge in [0.1, 0.15) is 5.75 Å². The van der Waals surface area contributed by atoms with Gasteiger partial charge in [-0.1, -0.05) is 46.9 Å². The first-order valence-electron chi connectivity index (χ1n) is 8.80. The van der Waals surface area contributed by atoms with Gasteiger partial charge in [0, 0.05) is 21.8 Å². The van der Waals surface area contributed by atoms with Gasteiger partial charge in [-0.2, -0.15) is 9.97 Å². The van der Waals surface area contributed by atoms with Crippen molar-refractivity contribution in [3.05, 3.63) is 82.1 Å². The van der Waals surface area contributed by atoms with Gasteiger partial charge in [-0.05, 0) is 48.0 Å². The van der Waals surface area contributed by atoms with Crippen LogP contribution < -0.4 is 9.47 Å². The van der Waals surface area contributed by atoms with Gasteiger partial charge in [0.2, 0.25) is 5.88 Å². The smallest absolute Gasteiger partial charge is 0.325 e. The first-order chi connectivity index (χ1) is 14.5. The number of hydrogen-bond acceptors (Lipinski definition) is 5. The van der Waals surface area contributed by atoms with Gasteiger partial charge in [0.05, 0.1) is 29.6 Å². The molecule has 5 nitrogen and oxygen atoms in total. The Bertz CT molecular complexity index is 1190. The quantitative estimate of drug-likeness (QED) is 0.323. The SMILES string of the molecule is COc1nc(Oc2cccnc2)nc(-c2ccc(Cl)cc2Cl)c1-c1ccc(Cl)cc1. The average molecular weight is 459 g/mol. The van der Waals surface area contributed by atoms with E-state index in [4.69, 9.17) is 44.3 Å². The monoisotopic (exact) mass is 457 g/mol. The lowest BCUT2D eigenvalue weighted by atomic mass is 10.00. The summed E-state index contributed by atoms with van der Waals surface area (Å²) in [4.78, 5) is 13.1. The third-order valence-corrected chi connectivity index (χ3v) is 5.01. The summed E-state index contributed by atoms with van der Waals surface area (Å²) in [6.07, 6.45) is 3.22. The fourth-order valence-corrected chi connectivity index (χ4v) is 3.50. The predicted molar refractivity (Wildman–Crippen MR) is 119 cm³/mol. The minimum atomic E-state index is 0.0959. The Balaban J connectivity index is 1.94. The lowest BCUT2D eigenvalue weighted by Gasteiger charge is -2.16. The molecule has 0 bridgehead atoms. The second-order valence-corrected chi connectivity index (χ2v) is 7.44. The largest absolute Gasteiger partial charge is 0.480 e. The Morgan fingerprint density at radius 3 is 2.30 bits per heavy atom. The maximum atomic E-state index is 6.50. The Labute approximate surface area is 188 Å². The van der Waals surface area contributed by atoms with Crippen molar-refractivity contribution in [2.45, 2.75) is 0 Å². The van der Waals surface area contributed by atoms with Gasteiger partial charge in [0.25, 0.3) is 0 Å². The van der Waals surface area contributed by atoms with Crippen molar-refractivity contribution in [1.29, 1.82) is 0 Å². The van der Waals surface area contributed by atoms with E-state index in [0.717, 1.165) is 5.56 Å². The Morgan fingerprint density at radius 2 is 1.63 bits per heavy atom. The molecule has 0 spiro atoms. The van der Waals surface area contributed by atoms with Crippen LogP contribution in [0.3, 0.4) is 0 Å². The Hall–Kier alpha value is -2.86. The van der Waals surface area contributed by atoms with Crippen LogP contribution in [-0.4, -0.2) is 22.1 Å². The molecule has 4 rings (SSSR count). The van der Waals surface area contributed by atoms with Crippen LogP contribution in [0.15, 0.2) is 67.0 Å². The van der Waals surface area contributed by atoms with Crippen molar-refractivity contribution in [3.63, 3.8) is 0 Å². The predicted octanol–water partition coefficient (Wildman–Crippen LogP) is 6.97. The minimum absolute atomic E-state index is 0.0959. The normalized spacial score (nSPS) is 10.7. The molecule has 0 saturated heterocycles. The fraction of sp³-hybridized carbons (Fsp3) is 0.0455. The first-order valence-corrected chi connectivity index (χ1v) is 9.94. The topological polar surface area (TPSA) is 57.1 Å². The van der Waals surface area contributed by atoms with Crippen LogP contribution in [0.5, 0.6) is 17.6 Å². The van der Waals surface area contributed by atoms with E-state index in [1.165, 1.54) is 7.11 Å². The van der Waals surface area contributed by atoms with Gasteiger partial charge >= 0.3 is 6.01 Å². The van der Waals surface area contributed by atoms with Crippen molar-refractivity contribution in [2.24, 2.45) is 0 Å². The van der Waals surface area contributed by atoms with E-state index in [0.29, 0.717) is 43.5 Å². The van der Waals surface area contributed by atoms with Crippen LogP contribution in [0.2, 0.25) is 15.1 Å². The van der Waals surface area contributed by atoms with Crippen molar-refractivity contribution in [2.75, 3.05) is 7.11 Å². The molecule has 0 saturated carbocycles. The van der Waals surface area contributed by atoms with E-state index >= 15 is 0 Å². The summed E-state index contributed by atoms with van der Waals surface area (Å²) in [6.45, 7) is 0. The summed E-state index contributed by atoms with van der Waals surface area (Å²) >= 11 is 18.7. The highest BCUT2D eigenvalue weighted by atomic mass is 35.5. The van der Waals surface area contributed by atoms with E-state index < -0.39 is 0 Å². The molecule has 0 radical (unpaired) electrons. The molecule has 0 fully saturated rings. The van der Waals surface area contributed by atoms with Crippen LogP contribution in [0, 0.1) is 0 Å². The zero-order valence-electron chi connectivity index (χ0n) is 15.6. The molecule has 8 heteroatoms. The number of nitrogens with zero attached hydrogens (tertiary/aromatic N) is 3. The van der Waals surface area contributed by atoms with Crippen molar-refractivity contribution >= 4 is 34.8 Å². The molecule has 0 aliphatic carbocycles. The average Bonchev–Trinajstić information content (AvgIpc) is 2.75. The van der Waals surface area contributed by atoms with E-state index in [-0.39, 0.29) is 6.01 Å². The second kappa shape index (κ2) is 8.88. The molecule has 0 amide bonds. The van der Waals surface area contributed by atoms with Gasteiger partial charge < -0.3 is 9.47 Å². The first kappa shape index (κ1) is 20.4. The lowest BCUT2D eigenvalue weighted by molar-refractivity contribution is 0.378. The summed E-state index contributed by atoms with van der Waals surface area (Å²) < 4.78 is 11.4. The molecular formula is C22H14Cl3N3O2. The Morgan fingerprint density at radius 1 is 0.867 bits per heavy atom. The van der Waals surface area contributed by atoms with Gasteiger partial charge in [-0.25, -0.2) is 0 Å². The van der Waals surface area contributed by atoms with Crippen LogP contribution in [-0.2, 0) is 0 Å². The van der Waals surface area contributed by atoms with E-state index in [9.17, 15) is 0 Å². The molecule has 0 aliphatic rings. The highest BCUT2D eigenvalue weighted by Crippen LogP contribution is 2.41. The zero-order valence-corrected chi connectivity index (χ0v) is 17.9. The lowest BCUT2D eigenvalue weighted by Crippen LogP contribution is -2.02. The highest BCUT2D eigenvalue weighted by molar-refractivity contribution is 6.36. The van der Waals surface area contributed by atoms with Gasteiger partial charge in [0.15, 0.2) is 0 Å². The molecule has 0 unspecified atom stereocenters. The molecule has 0 atom stereocenters. The third kappa shape index (κ3) is 4.33. The molecule has 2 aromatic carbocycles. The minimum Gasteiger partial charge on any atom is -0.480 e. The molecule has 150 valence electrons. The third-order valence-electron chi connectivity index (χ3n) is 4.21. The van der Waals surface area contributed by atoms with Crippen LogP contribution in [0.25, 0.3) is 22.4 Å². The second-order valence-electron chi connectivity index (χ2n) is 6.16. The summed E-state index contributed by atoms with van der Waals surface area (Å²) in [5, 5.41) is 1.57. The number of hydrogen-bond donors (Lipinski definition) is 0. The van der Waals surface area contributed by atoms with Crippen LogP contribution in [0.4, 0.5) is 0 Å². The van der Waals surface area contributed by atoms with Gasteiger partial charge in [-0.3, -0.25) is 4.98 Å². The molecule has 0 aliphatic heterocycles. The molecule has 0 N–H and O–H groups in total.